The Balaban J connectivity index is 1.83. The molecule has 4 rings (SSSR count). The molecular weight excluding hydrogens is 502 g/mol. The summed E-state index contributed by atoms with van der Waals surface area (Å²) in [5.41, 5.74) is 5.83. The molecule has 3 aliphatic rings. The first-order chi connectivity index (χ1) is 18.4. The largest absolute Gasteiger partial charge is 0.494 e. The van der Waals surface area contributed by atoms with Crippen LogP contribution in [0.1, 0.15) is 64.9 Å². The van der Waals surface area contributed by atoms with Crippen molar-refractivity contribution in [1.82, 2.24) is 20.9 Å². The van der Waals surface area contributed by atoms with Gasteiger partial charge in [0, 0.05) is 18.5 Å². The summed E-state index contributed by atoms with van der Waals surface area (Å²) in [4.78, 5) is 52.4. The average molecular weight is 546 g/mol. The van der Waals surface area contributed by atoms with E-state index in [-0.39, 0.29) is 43.3 Å². The van der Waals surface area contributed by atoms with Crippen LogP contribution in [0.4, 0.5) is 0 Å². The van der Waals surface area contributed by atoms with Crippen LogP contribution in [-0.2, 0) is 25.6 Å². The van der Waals surface area contributed by atoms with Gasteiger partial charge in [0.1, 0.15) is 11.8 Å². The minimum Gasteiger partial charge on any atom is -0.494 e. The number of nitrogens with two attached hydrogens (primary N) is 1. The van der Waals surface area contributed by atoms with E-state index in [9.17, 15) is 24.3 Å². The number of carbonyl (C=O) groups excluding carboxylic acids is 4. The number of amides is 4. The van der Waals surface area contributed by atoms with E-state index in [0.29, 0.717) is 31.7 Å². The van der Waals surface area contributed by atoms with Crippen molar-refractivity contribution in [2.75, 3.05) is 19.7 Å². The molecule has 11 nitrogen and oxygen atoms in total. The van der Waals surface area contributed by atoms with Crippen molar-refractivity contribution in [2.24, 2.45) is 5.73 Å². The number of piperidine rings is 1. The van der Waals surface area contributed by atoms with Gasteiger partial charge in [-0.2, -0.15) is 0 Å². The van der Waals surface area contributed by atoms with E-state index in [4.69, 9.17) is 10.5 Å². The molecule has 39 heavy (non-hydrogen) atoms. The minimum atomic E-state index is -1.17. The van der Waals surface area contributed by atoms with Gasteiger partial charge in [-0.1, -0.05) is 18.6 Å². The minimum absolute atomic E-state index is 0.0830. The number of carbonyl (C=O) groups is 4. The van der Waals surface area contributed by atoms with Gasteiger partial charge in [0.15, 0.2) is 0 Å². The number of benzene rings is 1. The van der Waals surface area contributed by atoms with Crippen molar-refractivity contribution < 1.29 is 29.0 Å². The number of nitrogens with zero attached hydrogens (tertiary/aromatic N) is 1. The predicted octanol–water partition coefficient (Wildman–Crippen LogP) is 0.377. The molecule has 0 radical (unpaired) electrons. The molecule has 3 heterocycles. The molecule has 3 aliphatic heterocycles. The number of primary amides is 1. The Labute approximate surface area is 230 Å². The third-order valence-electron chi connectivity index (χ3n) is 6.88. The van der Waals surface area contributed by atoms with E-state index >= 15 is 0 Å². The lowest BCUT2D eigenvalue weighted by Crippen LogP contribution is -2.59. The van der Waals surface area contributed by atoms with Gasteiger partial charge in [-0.3, -0.25) is 24.1 Å². The number of likely N-dealkylation sites (tertiary alicyclic amines) is 1. The fourth-order valence-electron chi connectivity index (χ4n) is 4.97. The molecule has 0 saturated carbocycles. The summed E-state index contributed by atoms with van der Waals surface area (Å²) in [7, 11) is 0. The van der Waals surface area contributed by atoms with Crippen molar-refractivity contribution in [3.05, 3.63) is 29.8 Å². The van der Waals surface area contributed by atoms with Crippen LogP contribution in [0.25, 0.3) is 0 Å². The summed E-state index contributed by atoms with van der Waals surface area (Å²) < 4.78 is 5.71. The SMILES string of the molecule is CC(C)(C)NC(=O)[C@@H]1CCCCN1CC(O)[C@@H]1Cc2ccc(cc2)OCCCC(=O)N[C@@H](CC(N)=O)C(=O)N1. The zero-order chi connectivity index (χ0) is 28.6. The Morgan fingerprint density at radius 2 is 1.87 bits per heavy atom. The van der Waals surface area contributed by atoms with Gasteiger partial charge in [-0.05, 0) is 70.7 Å². The number of ether oxygens (including phenoxy) is 1. The Hall–Kier alpha value is -3.18. The van der Waals surface area contributed by atoms with E-state index < -0.39 is 35.9 Å². The second-order valence-corrected chi connectivity index (χ2v) is 11.5. The van der Waals surface area contributed by atoms with Crippen molar-refractivity contribution in [3.8, 4) is 5.75 Å². The highest BCUT2D eigenvalue weighted by Gasteiger charge is 2.35. The van der Waals surface area contributed by atoms with Crippen LogP contribution in [0.3, 0.4) is 0 Å². The molecule has 1 fully saturated rings. The molecule has 6 N–H and O–H groups in total. The first-order valence-corrected chi connectivity index (χ1v) is 13.7. The standard InChI is InChI=1S/C28H43N5O6/c1-28(2,3)32-27(38)22-7-4-5-13-33(22)17-23(34)20-15-18-9-11-19(12-10-18)39-14-6-8-25(36)30-21(16-24(29)35)26(37)31-20/h9-12,20-23,34H,4-8,13-17H2,1-3H3,(H2,29,35)(H,30,36)(H,31,37)(H,32,38)/t20-,21-,22-,23?/m0/s1. The highest BCUT2D eigenvalue weighted by atomic mass is 16.5. The predicted molar refractivity (Wildman–Crippen MR) is 146 cm³/mol. The number of aliphatic hydroxyl groups excluding tert-OH is 1. The maximum absolute atomic E-state index is 13.3. The van der Waals surface area contributed by atoms with Crippen LogP contribution in [0, 0.1) is 0 Å². The first kappa shape index (κ1) is 30.4. The lowest BCUT2D eigenvalue weighted by molar-refractivity contribution is -0.132. The summed E-state index contributed by atoms with van der Waals surface area (Å²) >= 11 is 0. The van der Waals surface area contributed by atoms with Gasteiger partial charge in [-0.15, -0.1) is 0 Å². The van der Waals surface area contributed by atoms with Gasteiger partial charge in [0.05, 0.1) is 31.2 Å². The Bertz CT molecular complexity index is 1010. The van der Waals surface area contributed by atoms with E-state index in [1.54, 1.807) is 0 Å². The second-order valence-electron chi connectivity index (χ2n) is 11.5. The molecule has 1 aromatic rings. The Kier molecular flexibility index (Phi) is 10.7. The number of β-amino-alcohol motifs (C(OH)–C–C–N with tert-alkyl or cyclic N) is 1. The molecule has 1 unspecified atom stereocenters. The quantitative estimate of drug-likeness (QED) is 0.345. The fourth-order valence-corrected chi connectivity index (χ4v) is 4.97. The molecular formula is C28H43N5O6. The molecule has 11 heteroatoms. The topological polar surface area (TPSA) is 163 Å². The zero-order valence-corrected chi connectivity index (χ0v) is 23.2. The maximum Gasteiger partial charge on any atom is 0.243 e. The van der Waals surface area contributed by atoms with E-state index in [1.165, 1.54) is 0 Å². The van der Waals surface area contributed by atoms with Gasteiger partial charge >= 0.3 is 0 Å². The van der Waals surface area contributed by atoms with Gasteiger partial charge in [0.2, 0.25) is 23.6 Å². The van der Waals surface area contributed by atoms with Crippen molar-refractivity contribution >= 4 is 23.6 Å². The molecule has 0 aliphatic carbocycles. The molecule has 1 aromatic carbocycles. The van der Waals surface area contributed by atoms with Crippen LogP contribution in [0.5, 0.6) is 5.75 Å². The molecule has 1 saturated heterocycles. The van der Waals surface area contributed by atoms with Gasteiger partial charge in [0.25, 0.3) is 0 Å². The van der Waals surface area contributed by atoms with E-state index in [0.717, 1.165) is 18.4 Å². The first-order valence-electron chi connectivity index (χ1n) is 13.7. The van der Waals surface area contributed by atoms with Crippen molar-refractivity contribution in [3.63, 3.8) is 0 Å². The Morgan fingerprint density at radius 1 is 1.15 bits per heavy atom. The third-order valence-corrected chi connectivity index (χ3v) is 6.88. The highest BCUT2D eigenvalue weighted by molar-refractivity contribution is 5.91. The summed E-state index contributed by atoms with van der Waals surface area (Å²) in [5, 5.41) is 19.9. The molecule has 216 valence electrons. The van der Waals surface area contributed by atoms with Crippen molar-refractivity contribution in [1.29, 1.82) is 0 Å². The number of fused-ring (bicyclic) bond motifs is 12. The van der Waals surface area contributed by atoms with E-state index in [2.05, 4.69) is 16.0 Å². The number of hydrogen-bond acceptors (Lipinski definition) is 7. The zero-order valence-electron chi connectivity index (χ0n) is 23.2. The molecule has 4 atom stereocenters. The van der Waals surface area contributed by atoms with Crippen LogP contribution >= 0.6 is 0 Å². The summed E-state index contributed by atoms with van der Waals surface area (Å²) in [6, 6.07) is 5.05. The number of hydrogen-bond donors (Lipinski definition) is 5. The average Bonchev–Trinajstić information content (AvgIpc) is 2.85. The smallest absolute Gasteiger partial charge is 0.243 e. The van der Waals surface area contributed by atoms with Gasteiger partial charge < -0.3 is 31.5 Å². The summed E-state index contributed by atoms with van der Waals surface area (Å²) in [5.74, 6) is -1.16. The summed E-state index contributed by atoms with van der Waals surface area (Å²) in [6.45, 7) is 6.92. The molecule has 2 bridgehead atoms. The molecule has 0 aromatic heterocycles. The van der Waals surface area contributed by atoms with Crippen LogP contribution in [0.15, 0.2) is 24.3 Å². The van der Waals surface area contributed by atoms with Crippen LogP contribution < -0.4 is 26.4 Å². The number of rotatable bonds is 6. The third kappa shape index (κ3) is 9.81. The monoisotopic (exact) mass is 545 g/mol. The highest BCUT2D eigenvalue weighted by Crippen LogP contribution is 2.21. The maximum atomic E-state index is 13.3. The van der Waals surface area contributed by atoms with Crippen molar-refractivity contribution in [2.45, 2.75) is 95.5 Å². The number of aliphatic hydroxyl groups is 1. The molecule has 4 amide bonds. The number of nitrogens with one attached hydrogen (secondary N) is 3. The normalized spacial score (nSPS) is 24.4. The Morgan fingerprint density at radius 3 is 2.54 bits per heavy atom. The lowest BCUT2D eigenvalue weighted by atomic mass is 9.96. The fraction of sp³-hybridized carbons (Fsp3) is 0.643. The molecule has 0 spiro atoms. The van der Waals surface area contributed by atoms with E-state index in [1.807, 2.05) is 49.9 Å². The second kappa shape index (κ2) is 13.7. The van der Waals surface area contributed by atoms with Crippen LogP contribution in [-0.4, -0.2) is 83.1 Å². The van der Waals surface area contributed by atoms with Crippen LogP contribution in [0.2, 0.25) is 0 Å². The summed E-state index contributed by atoms with van der Waals surface area (Å²) in [6.07, 6.45) is 1.92. The van der Waals surface area contributed by atoms with Gasteiger partial charge in [-0.25, -0.2) is 0 Å². The lowest BCUT2D eigenvalue weighted by Gasteiger charge is -2.39.